The quantitative estimate of drug-likeness (QED) is 0.839. The molecule has 3 N–H and O–H groups in total. The number of Topliss-reactive ketones (excluding diaryl/α,β-unsaturated/α-hetero) is 1. The van der Waals surface area contributed by atoms with E-state index >= 15 is 0 Å². The summed E-state index contributed by atoms with van der Waals surface area (Å²) < 4.78 is 0. The van der Waals surface area contributed by atoms with Crippen LogP contribution in [0, 0.1) is 0 Å². The number of rotatable bonds is 4. The van der Waals surface area contributed by atoms with E-state index in [0.717, 1.165) is 55.6 Å². The zero-order valence-corrected chi connectivity index (χ0v) is 14.2. The van der Waals surface area contributed by atoms with E-state index in [2.05, 4.69) is 28.1 Å². The maximum atomic E-state index is 11.9. The summed E-state index contributed by atoms with van der Waals surface area (Å²) in [5, 5.41) is 10.9. The zero-order valence-electron chi connectivity index (χ0n) is 14.2. The van der Waals surface area contributed by atoms with Gasteiger partial charge in [0, 0.05) is 24.1 Å². The minimum atomic E-state index is -0.692. The molecule has 5 heteroatoms. The van der Waals surface area contributed by atoms with E-state index < -0.39 is 5.60 Å². The van der Waals surface area contributed by atoms with Crippen molar-refractivity contribution in [2.24, 2.45) is 5.73 Å². The number of benzene rings is 1. The molecule has 1 aromatic heterocycles. The summed E-state index contributed by atoms with van der Waals surface area (Å²) in [5.41, 5.74) is 9.51. The summed E-state index contributed by atoms with van der Waals surface area (Å²) in [4.78, 5) is 18.2. The van der Waals surface area contributed by atoms with Gasteiger partial charge in [0.1, 0.15) is 5.69 Å². The number of hydrogen-bond acceptors (Lipinski definition) is 5. The number of aromatic nitrogens is 1. The molecule has 4 rings (SSSR count). The Bertz CT molecular complexity index is 812. The standard InChI is InChI=1S/C20H23N3O2/c21-13-19(24)17-12-16(5-9-22-17)23-10-6-14-3-4-15(11-18(14)23)20(25)7-1-2-8-20/h3-5,9,11-12,25H,1-2,6-8,10,13,21H2. The lowest BCUT2D eigenvalue weighted by atomic mass is 9.91. The van der Waals surface area contributed by atoms with Gasteiger partial charge < -0.3 is 15.7 Å². The van der Waals surface area contributed by atoms with Crippen molar-refractivity contribution in [1.29, 1.82) is 0 Å². The first kappa shape index (κ1) is 16.2. The first-order valence-corrected chi connectivity index (χ1v) is 8.93. The molecule has 25 heavy (non-hydrogen) atoms. The molecule has 1 aliphatic carbocycles. The molecule has 2 aromatic rings. The Labute approximate surface area is 147 Å². The Kier molecular flexibility index (Phi) is 4.06. The second kappa shape index (κ2) is 6.24. The molecule has 2 heterocycles. The Morgan fingerprint density at radius 2 is 2.04 bits per heavy atom. The maximum Gasteiger partial charge on any atom is 0.194 e. The molecule has 1 aromatic carbocycles. The van der Waals surface area contributed by atoms with Crippen molar-refractivity contribution in [1.82, 2.24) is 4.98 Å². The van der Waals surface area contributed by atoms with Crippen molar-refractivity contribution in [2.45, 2.75) is 37.7 Å². The van der Waals surface area contributed by atoms with E-state index in [-0.39, 0.29) is 12.3 Å². The van der Waals surface area contributed by atoms with Gasteiger partial charge in [0.05, 0.1) is 12.1 Å². The summed E-state index contributed by atoms with van der Waals surface area (Å²) in [6.45, 7) is 0.821. The highest BCUT2D eigenvalue weighted by Crippen LogP contribution is 2.42. The number of aliphatic hydroxyl groups is 1. The minimum absolute atomic E-state index is 0.0375. The molecular weight excluding hydrogens is 314 g/mol. The lowest BCUT2D eigenvalue weighted by Gasteiger charge is -2.26. The van der Waals surface area contributed by atoms with Gasteiger partial charge in [-0.25, -0.2) is 0 Å². The van der Waals surface area contributed by atoms with Gasteiger partial charge in [0.2, 0.25) is 0 Å². The lowest BCUT2D eigenvalue weighted by Crippen LogP contribution is -2.21. The number of nitrogens with zero attached hydrogens (tertiary/aromatic N) is 2. The van der Waals surface area contributed by atoms with Gasteiger partial charge in [0.15, 0.2) is 5.78 Å². The van der Waals surface area contributed by atoms with E-state index in [1.165, 1.54) is 5.56 Å². The SMILES string of the molecule is NCC(=O)c1cc(N2CCc3ccc(C4(O)CCCC4)cc32)ccn1. The van der Waals surface area contributed by atoms with Crippen LogP contribution < -0.4 is 10.6 Å². The molecule has 5 nitrogen and oxygen atoms in total. The zero-order chi connectivity index (χ0) is 17.4. The summed E-state index contributed by atoms with van der Waals surface area (Å²) in [5.74, 6) is -0.157. The number of fused-ring (bicyclic) bond motifs is 1. The Balaban J connectivity index is 1.70. The topological polar surface area (TPSA) is 79.5 Å². The molecule has 1 fully saturated rings. The molecule has 1 saturated carbocycles. The number of hydrogen-bond donors (Lipinski definition) is 2. The van der Waals surface area contributed by atoms with Gasteiger partial charge in [-0.1, -0.05) is 25.0 Å². The highest BCUT2D eigenvalue weighted by Gasteiger charge is 2.34. The minimum Gasteiger partial charge on any atom is -0.385 e. The highest BCUT2D eigenvalue weighted by molar-refractivity contribution is 5.96. The number of pyridine rings is 1. The predicted molar refractivity (Wildman–Crippen MR) is 97.1 cm³/mol. The lowest BCUT2D eigenvalue weighted by molar-refractivity contribution is 0.0445. The van der Waals surface area contributed by atoms with E-state index in [1.807, 2.05) is 6.07 Å². The second-order valence-corrected chi connectivity index (χ2v) is 7.01. The van der Waals surface area contributed by atoms with E-state index in [1.54, 1.807) is 12.3 Å². The molecule has 0 atom stereocenters. The Morgan fingerprint density at radius 3 is 2.80 bits per heavy atom. The van der Waals surface area contributed by atoms with Crippen molar-refractivity contribution in [2.75, 3.05) is 18.0 Å². The summed E-state index contributed by atoms with van der Waals surface area (Å²) >= 11 is 0. The Hall–Kier alpha value is -2.24. The van der Waals surface area contributed by atoms with Crippen LogP contribution in [0.15, 0.2) is 36.5 Å². The molecule has 0 amide bonds. The number of carbonyl (C=O) groups excluding carboxylic acids is 1. The van der Waals surface area contributed by atoms with Crippen LogP contribution in [0.3, 0.4) is 0 Å². The van der Waals surface area contributed by atoms with Crippen molar-refractivity contribution in [3.8, 4) is 0 Å². The van der Waals surface area contributed by atoms with Crippen molar-refractivity contribution >= 4 is 17.2 Å². The third kappa shape index (κ3) is 2.83. The molecule has 130 valence electrons. The van der Waals surface area contributed by atoms with Gasteiger partial charge in [0.25, 0.3) is 0 Å². The normalized spacial score (nSPS) is 18.4. The first-order chi connectivity index (χ1) is 12.1. The van der Waals surface area contributed by atoms with Crippen LogP contribution in [-0.2, 0) is 12.0 Å². The Morgan fingerprint density at radius 1 is 1.24 bits per heavy atom. The second-order valence-electron chi connectivity index (χ2n) is 7.01. The van der Waals surface area contributed by atoms with E-state index in [0.29, 0.717) is 5.69 Å². The van der Waals surface area contributed by atoms with Crippen LogP contribution in [0.1, 0.15) is 47.3 Å². The van der Waals surface area contributed by atoms with Crippen LogP contribution in [0.4, 0.5) is 11.4 Å². The third-order valence-electron chi connectivity index (χ3n) is 5.48. The van der Waals surface area contributed by atoms with Gasteiger partial charge in [-0.3, -0.25) is 9.78 Å². The van der Waals surface area contributed by atoms with Gasteiger partial charge in [-0.15, -0.1) is 0 Å². The van der Waals surface area contributed by atoms with Gasteiger partial charge in [-0.05, 0) is 48.6 Å². The van der Waals surface area contributed by atoms with Crippen molar-refractivity contribution in [3.63, 3.8) is 0 Å². The fourth-order valence-corrected chi connectivity index (χ4v) is 4.03. The number of anilines is 2. The number of ketones is 1. The van der Waals surface area contributed by atoms with Crippen LogP contribution in [-0.4, -0.2) is 29.0 Å². The average Bonchev–Trinajstić information content (AvgIpc) is 3.27. The molecule has 0 spiro atoms. The molecule has 0 bridgehead atoms. The first-order valence-electron chi connectivity index (χ1n) is 8.93. The van der Waals surface area contributed by atoms with E-state index in [4.69, 9.17) is 5.73 Å². The molecule has 0 radical (unpaired) electrons. The molecule has 0 saturated heterocycles. The molecule has 2 aliphatic rings. The smallest absolute Gasteiger partial charge is 0.194 e. The average molecular weight is 337 g/mol. The fourth-order valence-electron chi connectivity index (χ4n) is 4.03. The van der Waals surface area contributed by atoms with Crippen LogP contribution in [0.2, 0.25) is 0 Å². The molecule has 1 aliphatic heterocycles. The van der Waals surface area contributed by atoms with Crippen LogP contribution >= 0.6 is 0 Å². The van der Waals surface area contributed by atoms with Crippen LogP contribution in [0.25, 0.3) is 0 Å². The molecule has 0 unspecified atom stereocenters. The summed E-state index contributed by atoms with van der Waals surface area (Å²) in [6.07, 6.45) is 6.42. The monoisotopic (exact) mass is 337 g/mol. The number of carbonyl (C=O) groups is 1. The van der Waals surface area contributed by atoms with E-state index in [9.17, 15) is 9.90 Å². The third-order valence-corrected chi connectivity index (χ3v) is 5.48. The number of nitrogens with two attached hydrogens (primary N) is 1. The highest BCUT2D eigenvalue weighted by atomic mass is 16.3. The van der Waals surface area contributed by atoms with Crippen LogP contribution in [0.5, 0.6) is 0 Å². The summed E-state index contributed by atoms with van der Waals surface area (Å²) in [6, 6.07) is 10.1. The predicted octanol–water partition coefficient (Wildman–Crippen LogP) is 2.68. The van der Waals surface area contributed by atoms with Crippen molar-refractivity contribution in [3.05, 3.63) is 53.3 Å². The van der Waals surface area contributed by atoms with Gasteiger partial charge in [-0.2, -0.15) is 0 Å². The maximum absolute atomic E-state index is 11.9. The van der Waals surface area contributed by atoms with Crippen molar-refractivity contribution < 1.29 is 9.90 Å². The van der Waals surface area contributed by atoms with Gasteiger partial charge >= 0.3 is 0 Å². The summed E-state index contributed by atoms with van der Waals surface area (Å²) in [7, 11) is 0. The fraction of sp³-hybridized carbons (Fsp3) is 0.400. The molecular formula is C20H23N3O2. The largest absolute Gasteiger partial charge is 0.385 e.